The standard InChI is InChI=1S/C25H18F2N2O2S/c26-23-13-17(9-11-28-23)15-25(16-18-10-12-29-24(27)14-18)19-5-1-3-7-21(19)32(30,31)22-8-4-2-6-20(22)25/h1-14H,15-16H2. The highest BCUT2D eigenvalue weighted by atomic mass is 32.2. The highest BCUT2D eigenvalue weighted by Gasteiger charge is 2.46. The van der Waals surface area contributed by atoms with Crippen LogP contribution < -0.4 is 0 Å². The van der Waals surface area contributed by atoms with E-state index < -0.39 is 27.1 Å². The lowest BCUT2D eigenvalue weighted by Gasteiger charge is -2.41. The Balaban J connectivity index is 1.83. The van der Waals surface area contributed by atoms with Crippen molar-refractivity contribution in [3.63, 3.8) is 0 Å². The van der Waals surface area contributed by atoms with Crippen LogP contribution in [0.4, 0.5) is 8.78 Å². The molecular formula is C25H18F2N2O2S. The number of fused-ring (bicyclic) bond motifs is 2. The third kappa shape index (κ3) is 3.29. The molecule has 5 rings (SSSR count). The monoisotopic (exact) mass is 448 g/mol. The van der Waals surface area contributed by atoms with Gasteiger partial charge in [-0.05, 0) is 71.5 Å². The highest BCUT2D eigenvalue weighted by Crippen LogP contribution is 2.49. The Hall–Kier alpha value is -3.45. The summed E-state index contributed by atoms with van der Waals surface area (Å²) in [5.41, 5.74) is 1.66. The summed E-state index contributed by atoms with van der Waals surface area (Å²) in [6.07, 6.45) is 3.39. The van der Waals surface area contributed by atoms with Crippen molar-refractivity contribution in [1.29, 1.82) is 0 Å². The average molecular weight is 448 g/mol. The lowest BCUT2D eigenvalue weighted by atomic mass is 9.66. The molecule has 1 aliphatic rings. The van der Waals surface area contributed by atoms with Crippen molar-refractivity contribution in [3.05, 3.63) is 119 Å². The number of pyridine rings is 2. The molecule has 0 unspecified atom stereocenters. The number of rotatable bonds is 4. The van der Waals surface area contributed by atoms with E-state index in [9.17, 15) is 17.2 Å². The third-order valence-electron chi connectivity index (χ3n) is 5.98. The number of aromatic nitrogens is 2. The largest absolute Gasteiger partial charge is 0.228 e. The molecule has 2 aromatic carbocycles. The first-order valence-corrected chi connectivity index (χ1v) is 11.5. The maximum atomic E-state index is 14.0. The molecule has 0 amide bonds. The number of halogens is 2. The van der Waals surface area contributed by atoms with Crippen molar-refractivity contribution in [2.24, 2.45) is 0 Å². The first-order valence-electron chi connectivity index (χ1n) is 10.1. The quantitative estimate of drug-likeness (QED) is 0.426. The normalized spacial score (nSPS) is 15.6. The van der Waals surface area contributed by atoms with Crippen LogP contribution in [0.5, 0.6) is 0 Å². The van der Waals surface area contributed by atoms with Crippen LogP contribution in [0.2, 0.25) is 0 Å². The van der Waals surface area contributed by atoms with Gasteiger partial charge in [-0.3, -0.25) is 0 Å². The van der Waals surface area contributed by atoms with E-state index in [1.165, 1.54) is 24.5 Å². The maximum absolute atomic E-state index is 14.0. The number of hydrogen-bond donors (Lipinski definition) is 0. The van der Waals surface area contributed by atoms with Gasteiger partial charge in [-0.15, -0.1) is 0 Å². The van der Waals surface area contributed by atoms with Crippen LogP contribution >= 0.6 is 0 Å². The summed E-state index contributed by atoms with van der Waals surface area (Å²) in [5.74, 6) is -1.23. The zero-order valence-electron chi connectivity index (χ0n) is 16.9. The van der Waals surface area contributed by atoms with Crippen LogP contribution in [0, 0.1) is 11.9 Å². The number of nitrogens with zero attached hydrogens (tertiary/aromatic N) is 2. The molecule has 0 spiro atoms. The van der Waals surface area contributed by atoms with Gasteiger partial charge in [0.25, 0.3) is 0 Å². The van der Waals surface area contributed by atoms with Crippen molar-refractivity contribution >= 4 is 9.84 Å². The molecule has 0 atom stereocenters. The molecule has 3 heterocycles. The predicted octanol–water partition coefficient (Wildman–Crippen LogP) is 4.67. The summed E-state index contributed by atoms with van der Waals surface area (Å²) < 4.78 is 54.9. The number of benzene rings is 2. The Morgan fingerprint density at radius 1 is 0.688 bits per heavy atom. The molecule has 0 bridgehead atoms. The van der Waals surface area contributed by atoms with Crippen LogP contribution in [0.3, 0.4) is 0 Å². The van der Waals surface area contributed by atoms with E-state index in [1.54, 1.807) is 60.7 Å². The van der Waals surface area contributed by atoms with Crippen molar-refractivity contribution in [3.8, 4) is 0 Å². The second kappa shape index (κ2) is 7.60. The van der Waals surface area contributed by atoms with E-state index in [4.69, 9.17) is 0 Å². The van der Waals surface area contributed by atoms with Gasteiger partial charge in [0.05, 0.1) is 9.79 Å². The maximum Gasteiger partial charge on any atom is 0.213 e. The minimum Gasteiger partial charge on any atom is -0.228 e. The van der Waals surface area contributed by atoms with Crippen molar-refractivity contribution in [2.45, 2.75) is 28.0 Å². The second-order valence-electron chi connectivity index (χ2n) is 7.91. The molecule has 7 heteroatoms. The van der Waals surface area contributed by atoms with E-state index >= 15 is 0 Å². The summed E-state index contributed by atoms with van der Waals surface area (Å²) in [5, 5.41) is 0. The molecular weight excluding hydrogens is 430 g/mol. The molecule has 2 aromatic heterocycles. The number of sulfone groups is 1. The molecule has 0 N–H and O–H groups in total. The zero-order valence-corrected chi connectivity index (χ0v) is 17.7. The Kier molecular flexibility index (Phi) is 4.86. The van der Waals surface area contributed by atoms with E-state index in [-0.39, 0.29) is 9.79 Å². The first-order chi connectivity index (χ1) is 15.4. The van der Waals surface area contributed by atoms with Crippen LogP contribution in [-0.2, 0) is 28.1 Å². The summed E-state index contributed by atoms with van der Waals surface area (Å²) in [4.78, 5) is 7.71. The van der Waals surface area contributed by atoms with Gasteiger partial charge in [0, 0.05) is 17.8 Å². The summed E-state index contributed by atoms with van der Waals surface area (Å²) in [6.45, 7) is 0. The average Bonchev–Trinajstić information content (AvgIpc) is 2.78. The number of hydrogen-bond acceptors (Lipinski definition) is 4. The van der Waals surface area contributed by atoms with Gasteiger partial charge < -0.3 is 0 Å². The van der Waals surface area contributed by atoms with E-state index in [0.29, 0.717) is 35.1 Å². The van der Waals surface area contributed by atoms with Gasteiger partial charge in [0.15, 0.2) is 0 Å². The lowest BCUT2D eigenvalue weighted by Crippen LogP contribution is -2.39. The fourth-order valence-corrected chi connectivity index (χ4v) is 6.56. The molecule has 32 heavy (non-hydrogen) atoms. The van der Waals surface area contributed by atoms with Crippen molar-refractivity contribution < 1.29 is 17.2 Å². The first kappa shape index (κ1) is 20.5. The summed E-state index contributed by atoms with van der Waals surface area (Å²) >= 11 is 0. The Bertz CT molecular complexity index is 1330. The highest BCUT2D eigenvalue weighted by molar-refractivity contribution is 7.91. The third-order valence-corrected chi connectivity index (χ3v) is 7.85. The van der Waals surface area contributed by atoms with Gasteiger partial charge in [-0.25, -0.2) is 18.4 Å². The molecule has 0 radical (unpaired) electrons. The minimum absolute atomic E-state index is 0.211. The molecule has 0 aliphatic carbocycles. The molecule has 0 saturated heterocycles. The molecule has 1 aliphatic heterocycles. The molecule has 0 fully saturated rings. The van der Waals surface area contributed by atoms with Crippen molar-refractivity contribution in [1.82, 2.24) is 9.97 Å². The molecule has 4 nitrogen and oxygen atoms in total. The lowest BCUT2D eigenvalue weighted by molar-refractivity contribution is 0.468. The van der Waals surface area contributed by atoms with E-state index in [2.05, 4.69) is 9.97 Å². The Morgan fingerprint density at radius 2 is 1.12 bits per heavy atom. The summed E-state index contributed by atoms with van der Waals surface area (Å²) in [7, 11) is -3.75. The minimum atomic E-state index is -3.75. The van der Waals surface area contributed by atoms with Gasteiger partial charge in [0.2, 0.25) is 21.7 Å². The topological polar surface area (TPSA) is 59.9 Å². The Morgan fingerprint density at radius 3 is 1.56 bits per heavy atom. The smallest absolute Gasteiger partial charge is 0.213 e. The van der Waals surface area contributed by atoms with Gasteiger partial charge in [-0.1, -0.05) is 36.4 Å². The van der Waals surface area contributed by atoms with Gasteiger partial charge in [-0.2, -0.15) is 8.78 Å². The SMILES string of the molecule is O=S1(=O)c2ccccc2C(Cc2ccnc(F)c2)(Cc2ccnc(F)c2)c2ccccc21. The molecule has 4 aromatic rings. The molecule has 0 saturated carbocycles. The van der Waals surface area contributed by atoms with Crippen molar-refractivity contribution in [2.75, 3.05) is 0 Å². The van der Waals surface area contributed by atoms with Crippen LogP contribution in [-0.4, -0.2) is 18.4 Å². The van der Waals surface area contributed by atoms with Crippen LogP contribution in [0.1, 0.15) is 22.3 Å². The van der Waals surface area contributed by atoms with E-state index in [1.807, 2.05) is 0 Å². The van der Waals surface area contributed by atoms with Crippen LogP contribution in [0.15, 0.2) is 95.0 Å². The van der Waals surface area contributed by atoms with Gasteiger partial charge in [0.1, 0.15) is 0 Å². The zero-order chi connectivity index (χ0) is 22.3. The van der Waals surface area contributed by atoms with E-state index in [0.717, 1.165) is 0 Å². The van der Waals surface area contributed by atoms with Gasteiger partial charge >= 0.3 is 0 Å². The Labute approximate surface area is 184 Å². The summed E-state index contributed by atoms with van der Waals surface area (Å²) in [6, 6.07) is 19.8. The second-order valence-corrected chi connectivity index (χ2v) is 9.79. The fraction of sp³-hybridized carbons (Fsp3) is 0.120. The fourth-order valence-electron chi connectivity index (χ4n) is 4.70. The van der Waals surface area contributed by atoms with Crippen LogP contribution in [0.25, 0.3) is 0 Å². The predicted molar refractivity (Wildman–Crippen MR) is 115 cm³/mol. The molecule has 160 valence electrons.